The first-order valence-corrected chi connectivity index (χ1v) is 7.42. The number of carbonyl (C=O) groups is 1. The minimum Gasteiger partial charge on any atom is -0.462 e. The maximum atomic E-state index is 11.5. The number of hydrogen-bond donors (Lipinski definition) is 1. The predicted molar refractivity (Wildman–Crippen MR) is 78.7 cm³/mol. The van der Waals surface area contributed by atoms with E-state index in [1.54, 1.807) is 6.92 Å². The highest BCUT2D eigenvalue weighted by Crippen LogP contribution is 2.37. The second-order valence-corrected chi connectivity index (χ2v) is 6.47. The van der Waals surface area contributed by atoms with Gasteiger partial charge in [-0.1, -0.05) is 20.8 Å². The standard InChI is InChI=1S/C16H26N2O2/c1-5-20-15(19)12(10-17)11-18-14-8-6-13(7-9-14)16(2,3)4/h11,13-14,18H,5-9H2,1-4H3/b12-11-. The third kappa shape index (κ3) is 4.88. The molecule has 1 saturated carbocycles. The molecule has 0 unspecified atom stereocenters. The first-order valence-electron chi connectivity index (χ1n) is 7.42. The molecule has 0 bridgehead atoms. The van der Waals surface area contributed by atoms with E-state index in [4.69, 9.17) is 10.00 Å². The van der Waals surface area contributed by atoms with Crippen LogP contribution in [-0.2, 0) is 9.53 Å². The second-order valence-electron chi connectivity index (χ2n) is 6.47. The van der Waals surface area contributed by atoms with Crippen molar-refractivity contribution in [3.63, 3.8) is 0 Å². The summed E-state index contributed by atoms with van der Waals surface area (Å²) in [4.78, 5) is 11.5. The minimum absolute atomic E-state index is 0.0461. The predicted octanol–water partition coefficient (Wildman–Crippen LogP) is 3.15. The Hall–Kier alpha value is -1.50. The van der Waals surface area contributed by atoms with E-state index in [9.17, 15) is 4.79 Å². The number of nitrogens with zero attached hydrogens (tertiary/aromatic N) is 1. The van der Waals surface area contributed by atoms with Crippen LogP contribution >= 0.6 is 0 Å². The van der Waals surface area contributed by atoms with Crippen LogP contribution in [0.25, 0.3) is 0 Å². The van der Waals surface area contributed by atoms with Gasteiger partial charge in [0.2, 0.25) is 0 Å². The quantitative estimate of drug-likeness (QED) is 0.487. The molecular weight excluding hydrogens is 252 g/mol. The van der Waals surface area contributed by atoms with Crippen LogP contribution in [0.2, 0.25) is 0 Å². The lowest BCUT2D eigenvalue weighted by Gasteiger charge is -2.37. The Morgan fingerprint density at radius 3 is 2.40 bits per heavy atom. The van der Waals surface area contributed by atoms with Gasteiger partial charge in [-0.2, -0.15) is 5.26 Å². The molecule has 0 aromatic heterocycles. The van der Waals surface area contributed by atoms with Crippen LogP contribution in [0.5, 0.6) is 0 Å². The van der Waals surface area contributed by atoms with Crippen LogP contribution in [0.4, 0.5) is 0 Å². The molecule has 1 rings (SSSR count). The molecule has 0 radical (unpaired) electrons. The average molecular weight is 278 g/mol. The van der Waals surface area contributed by atoms with Crippen LogP contribution in [0.15, 0.2) is 11.8 Å². The molecule has 1 aliphatic carbocycles. The lowest BCUT2D eigenvalue weighted by Crippen LogP contribution is -2.34. The third-order valence-corrected chi connectivity index (χ3v) is 4.03. The molecule has 20 heavy (non-hydrogen) atoms. The molecule has 0 saturated heterocycles. The second kappa shape index (κ2) is 7.33. The average Bonchev–Trinajstić information content (AvgIpc) is 2.39. The van der Waals surface area contributed by atoms with Gasteiger partial charge in [0.25, 0.3) is 0 Å². The van der Waals surface area contributed by atoms with Gasteiger partial charge in [-0.25, -0.2) is 4.79 Å². The van der Waals surface area contributed by atoms with Gasteiger partial charge in [-0.05, 0) is 43.9 Å². The first-order chi connectivity index (χ1) is 9.38. The Morgan fingerprint density at radius 2 is 1.95 bits per heavy atom. The number of carbonyl (C=O) groups excluding carboxylic acids is 1. The zero-order valence-electron chi connectivity index (χ0n) is 13.0. The first kappa shape index (κ1) is 16.6. The number of ether oxygens (including phenoxy) is 1. The van der Waals surface area contributed by atoms with E-state index in [1.807, 2.05) is 6.07 Å². The third-order valence-electron chi connectivity index (χ3n) is 4.03. The SMILES string of the molecule is CCOC(=O)/C(C#N)=C\NC1CCC(C(C)(C)C)CC1. The Kier molecular flexibility index (Phi) is 6.06. The highest BCUT2D eigenvalue weighted by atomic mass is 16.5. The monoisotopic (exact) mass is 278 g/mol. The van der Waals surface area contributed by atoms with Gasteiger partial charge in [-0.3, -0.25) is 0 Å². The van der Waals surface area contributed by atoms with Gasteiger partial charge >= 0.3 is 5.97 Å². The molecule has 1 aliphatic rings. The van der Waals surface area contributed by atoms with Crippen LogP contribution in [-0.4, -0.2) is 18.6 Å². The molecular formula is C16H26N2O2. The lowest BCUT2D eigenvalue weighted by molar-refractivity contribution is -0.138. The van der Waals surface area contributed by atoms with Crippen molar-refractivity contribution in [3.8, 4) is 6.07 Å². The largest absolute Gasteiger partial charge is 0.462 e. The molecule has 4 nitrogen and oxygen atoms in total. The Morgan fingerprint density at radius 1 is 1.35 bits per heavy atom. The summed E-state index contributed by atoms with van der Waals surface area (Å²) >= 11 is 0. The smallest absolute Gasteiger partial charge is 0.350 e. The van der Waals surface area contributed by atoms with E-state index in [2.05, 4.69) is 26.1 Å². The van der Waals surface area contributed by atoms with Crippen molar-refractivity contribution in [2.75, 3.05) is 6.61 Å². The highest BCUT2D eigenvalue weighted by Gasteiger charge is 2.29. The van der Waals surface area contributed by atoms with Crippen molar-refractivity contribution in [3.05, 3.63) is 11.8 Å². The molecule has 0 atom stereocenters. The van der Waals surface area contributed by atoms with E-state index in [-0.39, 0.29) is 12.2 Å². The number of nitriles is 1. The van der Waals surface area contributed by atoms with E-state index in [1.165, 1.54) is 19.0 Å². The number of nitrogens with one attached hydrogen (secondary N) is 1. The molecule has 0 amide bonds. The molecule has 0 aromatic rings. The number of esters is 1. The van der Waals surface area contributed by atoms with E-state index >= 15 is 0 Å². The maximum absolute atomic E-state index is 11.5. The highest BCUT2D eigenvalue weighted by molar-refractivity contribution is 5.92. The molecule has 4 heteroatoms. The topological polar surface area (TPSA) is 62.1 Å². The molecule has 1 N–H and O–H groups in total. The van der Waals surface area contributed by atoms with E-state index < -0.39 is 5.97 Å². The van der Waals surface area contributed by atoms with E-state index in [0.717, 1.165) is 18.8 Å². The summed E-state index contributed by atoms with van der Waals surface area (Å²) in [5, 5.41) is 12.1. The fourth-order valence-electron chi connectivity index (χ4n) is 2.67. The van der Waals surface area contributed by atoms with Crippen molar-refractivity contribution in [1.82, 2.24) is 5.32 Å². The zero-order valence-corrected chi connectivity index (χ0v) is 13.0. The number of hydrogen-bond acceptors (Lipinski definition) is 4. The summed E-state index contributed by atoms with van der Waals surface area (Å²) in [6, 6.07) is 2.24. The van der Waals surface area contributed by atoms with Gasteiger partial charge in [0.1, 0.15) is 6.07 Å². The van der Waals surface area contributed by atoms with Crippen molar-refractivity contribution in [2.45, 2.75) is 59.4 Å². The fraction of sp³-hybridized carbons (Fsp3) is 0.750. The Bertz CT molecular complexity index is 394. The van der Waals surface area contributed by atoms with Crippen LogP contribution in [0.3, 0.4) is 0 Å². The summed E-state index contributed by atoms with van der Waals surface area (Å²) in [5.41, 5.74) is 0.411. The number of rotatable bonds is 4. The molecule has 0 aromatic carbocycles. The Balaban J connectivity index is 2.48. The fourth-order valence-corrected chi connectivity index (χ4v) is 2.67. The minimum atomic E-state index is -0.550. The molecule has 0 spiro atoms. The van der Waals surface area contributed by atoms with Crippen LogP contribution in [0.1, 0.15) is 53.4 Å². The van der Waals surface area contributed by atoms with Crippen molar-refractivity contribution >= 4 is 5.97 Å². The van der Waals surface area contributed by atoms with Gasteiger partial charge < -0.3 is 10.1 Å². The van der Waals surface area contributed by atoms with Crippen molar-refractivity contribution in [1.29, 1.82) is 5.26 Å². The summed E-state index contributed by atoms with van der Waals surface area (Å²) in [6.45, 7) is 8.89. The van der Waals surface area contributed by atoms with Crippen LogP contribution in [0, 0.1) is 22.7 Å². The summed E-state index contributed by atoms with van der Waals surface area (Å²) < 4.78 is 4.83. The summed E-state index contributed by atoms with van der Waals surface area (Å²) in [7, 11) is 0. The van der Waals surface area contributed by atoms with Gasteiger partial charge in [0.05, 0.1) is 6.61 Å². The molecule has 0 heterocycles. The van der Waals surface area contributed by atoms with Gasteiger partial charge in [0, 0.05) is 12.2 Å². The van der Waals surface area contributed by atoms with Gasteiger partial charge in [-0.15, -0.1) is 0 Å². The lowest BCUT2D eigenvalue weighted by atomic mass is 9.71. The zero-order chi connectivity index (χ0) is 15.2. The van der Waals surface area contributed by atoms with Crippen molar-refractivity contribution < 1.29 is 9.53 Å². The summed E-state index contributed by atoms with van der Waals surface area (Å²) in [6.07, 6.45) is 6.06. The molecule has 0 aliphatic heterocycles. The Labute approximate surface area is 122 Å². The van der Waals surface area contributed by atoms with Crippen molar-refractivity contribution in [2.24, 2.45) is 11.3 Å². The van der Waals surface area contributed by atoms with E-state index in [0.29, 0.717) is 11.5 Å². The van der Waals surface area contributed by atoms with Gasteiger partial charge in [0.15, 0.2) is 5.57 Å². The molecule has 1 fully saturated rings. The maximum Gasteiger partial charge on any atom is 0.350 e. The van der Waals surface area contributed by atoms with Crippen LogP contribution < -0.4 is 5.32 Å². The molecule has 112 valence electrons. The summed E-state index contributed by atoms with van der Waals surface area (Å²) in [5.74, 6) is 0.205. The normalized spacial score (nSPS) is 23.9.